The minimum atomic E-state index is 1.32. The van der Waals surface area contributed by atoms with Crippen molar-refractivity contribution in [1.82, 2.24) is 4.90 Å². The number of thiocarbonyl (C=S) groups is 3. The van der Waals surface area contributed by atoms with E-state index in [1.165, 1.54) is 15.9 Å². The zero-order valence-electron chi connectivity index (χ0n) is 3.33. The highest BCUT2D eigenvalue weighted by Gasteiger charge is 1.80. The summed E-state index contributed by atoms with van der Waals surface area (Å²) in [6, 6.07) is 0. The van der Waals surface area contributed by atoms with Crippen LogP contribution in [0.5, 0.6) is 0 Å². The van der Waals surface area contributed by atoms with Crippen molar-refractivity contribution in [1.29, 1.82) is 0 Å². The van der Waals surface area contributed by atoms with E-state index >= 15 is 0 Å². The van der Waals surface area contributed by atoms with Gasteiger partial charge in [0.15, 0.2) is 0 Å². The summed E-state index contributed by atoms with van der Waals surface area (Å²) in [5.74, 6) is 0. The highest BCUT2D eigenvalue weighted by Crippen LogP contribution is 1.70. The van der Waals surface area contributed by atoms with Crippen LogP contribution in [-0.4, -0.2) is 21.4 Å². The van der Waals surface area contributed by atoms with Crippen molar-refractivity contribution in [3.63, 3.8) is 0 Å². The SMILES string of the molecule is S=[C]N(C=S)C=S. The Kier molecular flexibility index (Phi) is 4.28. The van der Waals surface area contributed by atoms with Crippen molar-refractivity contribution < 1.29 is 0 Å². The van der Waals surface area contributed by atoms with Gasteiger partial charge >= 0.3 is 0 Å². The molecule has 0 aliphatic carbocycles. The maximum atomic E-state index is 4.45. The van der Waals surface area contributed by atoms with Crippen molar-refractivity contribution in [2.45, 2.75) is 0 Å². The fourth-order valence-corrected chi connectivity index (χ4v) is 0.611. The van der Waals surface area contributed by atoms with Crippen LogP contribution in [0.2, 0.25) is 0 Å². The van der Waals surface area contributed by atoms with Crippen LogP contribution in [0.15, 0.2) is 0 Å². The van der Waals surface area contributed by atoms with Gasteiger partial charge in [0.25, 0.3) is 0 Å². The van der Waals surface area contributed by atoms with Gasteiger partial charge in [0.1, 0.15) is 5.49 Å². The molecule has 0 saturated carbocycles. The van der Waals surface area contributed by atoms with Crippen molar-refractivity contribution >= 4 is 53.1 Å². The van der Waals surface area contributed by atoms with E-state index in [0.717, 1.165) is 0 Å². The molecule has 4 heteroatoms. The molecule has 7 heavy (non-hydrogen) atoms. The highest BCUT2D eigenvalue weighted by molar-refractivity contribution is 7.81. The molecule has 0 amide bonds. The molecule has 0 aliphatic rings. The van der Waals surface area contributed by atoms with E-state index in [1.807, 2.05) is 0 Å². The first-order valence-corrected chi connectivity index (χ1v) is 2.77. The van der Waals surface area contributed by atoms with E-state index in [2.05, 4.69) is 42.1 Å². The van der Waals surface area contributed by atoms with E-state index in [4.69, 9.17) is 0 Å². The normalized spacial score (nSPS) is 6.86. The molecule has 0 rings (SSSR count). The summed E-state index contributed by atoms with van der Waals surface area (Å²) in [5.41, 5.74) is 4.94. The van der Waals surface area contributed by atoms with E-state index in [1.54, 1.807) is 0 Å². The summed E-state index contributed by atoms with van der Waals surface area (Å²) >= 11 is 13.2. The van der Waals surface area contributed by atoms with Crippen LogP contribution in [0.25, 0.3) is 0 Å². The first-order chi connectivity index (χ1) is 3.35. The lowest BCUT2D eigenvalue weighted by Gasteiger charge is -1.96. The standard InChI is InChI=1S/C3H2NS3/c5-1-4(2-6)3-7/h1-2H. The van der Waals surface area contributed by atoms with Gasteiger partial charge in [-0.1, -0.05) is 36.7 Å². The fraction of sp³-hybridized carbons (Fsp3) is 0. The second-order valence-electron chi connectivity index (χ2n) is 0.709. The smallest absolute Gasteiger partial charge is 0.147 e. The summed E-state index contributed by atoms with van der Waals surface area (Å²) in [5, 5.41) is 0. The molecular formula is C3H2NS3. The lowest BCUT2D eigenvalue weighted by Crippen LogP contribution is -2.12. The monoisotopic (exact) mass is 148 g/mol. The number of rotatable bonds is 3. The molecule has 0 aromatic heterocycles. The molecule has 0 aromatic carbocycles. The quantitative estimate of drug-likeness (QED) is 0.434. The first-order valence-electron chi connectivity index (χ1n) is 1.42. The van der Waals surface area contributed by atoms with E-state index in [-0.39, 0.29) is 0 Å². The zero-order valence-corrected chi connectivity index (χ0v) is 5.78. The maximum absolute atomic E-state index is 4.45. The molecule has 0 heterocycles. The highest BCUT2D eigenvalue weighted by atomic mass is 32.1. The lowest BCUT2D eigenvalue weighted by atomic mass is 11.0. The molecular weight excluding hydrogens is 146 g/mol. The fourth-order valence-electron chi connectivity index (χ4n) is 0.0679. The molecule has 0 fully saturated rings. The molecule has 0 atom stereocenters. The molecule has 0 aliphatic heterocycles. The summed E-state index contributed by atoms with van der Waals surface area (Å²) in [7, 11) is 0. The Bertz CT molecular complexity index is 71.2. The summed E-state index contributed by atoms with van der Waals surface area (Å²) in [6.45, 7) is 0. The topological polar surface area (TPSA) is 3.24 Å². The van der Waals surface area contributed by atoms with Crippen LogP contribution < -0.4 is 0 Å². The van der Waals surface area contributed by atoms with Crippen LogP contribution in [0, 0.1) is 0 Å². The van der Waals surface area contributed by atoms with Gasteiger partial charge in [-0.3, -0.25) is 4.90 Å². The zero-order chi connectivity index (χ0) is 5.70. The van der Waals surface area contributed by atoms with Gasteiger partial charge in [-0.15, -0.1) is 0 Å². The Morgan fingerprint density at radius 3 is 1.71 bits per heavy atom. The third kappa shape index (κ3) is 2.73. The Balaban J connectivity index is 3.57. The van der Waals surface area contributed by atoms with Gasteiger partial charge in [-0.2, -0.15) is 0 Å². The van der Waals surface area contributed by atoms with Crippen LogP contribution in [-0.2, 0) is 0 Å². The van der Waals surface area contributed by atoms with Crippen molar-refractivity contribution in [2.75, 3.05) is 0 Å². The van der Waals surface area contributed by atoms with Crippen LogP contribution >= 0.6 is 36.7 Å². The summed E-state index contributed by atoms with van der Waals surface area (Å²) < 4.78 is 0. The number of nitrogens with zero attached hydrogens (tertiary/aromatic N) is 1. The van der Waals surface area contributed by atoms with E-state index < -0.39 is 0 Å². The molecule has 1 radical (unpaired) electrons. The Hall–Kier alpha value is 0.0700. The molecule has 0 N–H and O–H groups in total. The van der Waals surface area contributed by atoms with Crippen LogP contribution in [0.4, 0.5) is 0 Å². The first kappa shape index (κ1) is 7.07. The van der Waals surface area contributed by atoms with Gasteiger partial charge in [0, 0.05) is 0 Å². The van der Waals surface area contributed by atoms with Gasteiger partial charge in [0.05, 0.1) is 11.0 Å². The van der Waals surface area contributed by atoms with Gasteiger partial charge in [0.2, 0.25) is 0 Å². The lowest BCUT2D eigenvalue weighted by molar-refractivity contribution is 1.06. The predicted octanol–water partition coefficient (Wildman–Crippen LogP) is 1.04. The Morgan fingerprint density at radius 2 is 1.71 bits per heavy atom. The van der Waals surface area contributed by atoms with Crippen LogP contribution in [0.3, 0.4) is 0 Å². The minimum Gasteiger partial charge on any atom is -0.292 e. The van der Waals surface area contributed by atoms with Crippen molar-refractivity contribution in [2.24, 2.45) is 0 Å². The predicted molar refractivity (Wildman–Crippen MR) is 41.7 cm³/mol. The average Bonchev–Trinajstić information content (AvgIpc) is 1.72. The molecule has 0 spiro atoms. The van der Waals surface area contributed by atoms with Gasteiger partial charge in [-0.25, -0.2) is 0 Å². The van der Waals surface area contributed by atoms with Gasteiger partial charge < -0.3 is 0 Å². The van der Waals surface area contributed by atoms with Crippen LogP contribution in [0.1, 0.15) is 0 Å². The largest absolute Gasteiger partial charge is 0.292 e. The number of hydrogen-bond acceptors (Lipinski definition) is 3. The van der Waals surface area contributed by atoms with Crippen molar-refractivity contribution in [3.8, 4) is 0 Å². The molecule has 0 aromatic rings. The second-order valence-corrected chi connectivity index (χ2v) is 1.31. The maximum Gasteiger partial charge on any atom is 0.147 e. The molecule has 0 saturated heterocycles. The van der Waals surface area contributed by atoms with Gasteiger partial charge in [-0.05, 0) is 0 Å². The molecule has 37 valence electrons. The Labute approximate surface area is 58.3 Å². The van der Waals surface area contributed by atoms with Crippen molar-refractivity contribution in [3.05, 3.63) is 0 Å². The minimum absolute atomic E-state index is 1.32. The summed E-state index contributed by atoms with van der Waals surface area (Å²) in [6.07, 6.45) is 0. The number of hydrogen-bond donors (Lipinski definition) is 0. The molecule has 1 nitrogen and oxygen atoms in total. The van der Waals surface area contributed by atoms with E-state index in [0.29, 0.717) is 0 Å². The Morgan fingerprint density at radius 1 is 1.29 bits per heavy atom. The molecule has 0 unspecified atom stereocenters. The third-order valence-corrected chi connectivity index (χ3v) is 0.998. The summed E-state index contributed by atoms with van der Waals surface area (Å²) in [4.78, 5) is 1.32. The third-order valence-electron chi connectivity index (χ3n) is 0.333. The van der Waals surface area contributed by atoms with E-state index in [9.17, 15) is 0 Å². The average molecular weight is 148 g/mol. The second kappa shape index (κ2) is 4.23. The molecule has 0 bridgehead atoms.